The topological polar surface area (TPSA) is 70.5 Å². The number of nitrogens with zero attached hydrogens (tertiary/aromatic N) is 2. The van der Waals surface area contributed by atoms with Crippen molar-refractivity contribution in [3.63, 3.8) is 0 Å². The number of carboxylic acid groups (broad SMARTS) is 1. The van der Waals surface area contributed by atoms with E-state index in [1.54, 1.807) is 30.2 Å². The lowest BCUT2D eigenvalue weighted by molar-refractivity contribution is -0.146. The molecular formula is C19H26N2O3S. The van der Waals surface area contributed by atoms with Gasteiger partial charge in [0.25, 0.3) is 0 Å². The first kappa shape index (κ1) is 19.4. The molecular weight excluding hydrogens is 336 g/mol. The number of carboxylic acids is 1. The van der Waals surface area contributed by atoms with Crippen LogP contribution in [0.25, 0.3) is 10.2 Å². The van der Waals surface area contributed by atoms with Crippen LogP contribution in [0.1, 0.15) is 38.6 Å². The minimum absolute atomic E-state index is 0.00450. The first-order valence-corrected chi connectivity index (χ1v) is 9.47. The standard InChI is InChI=1S/C19H26N2O3S/c1-5-19(6-2,18(24)21(4)12-13(3)17(22)23)11-16-20-14-9-7-8-10-15(14)25-16/h7-10,13H,5-6,11-12H2,1-4H3,(H,22,23). The van der Waals surface area contributed by atoms with Crippen molar-refractivity contribution in [2.75, 3.05) is 13.6 Å². The molecule has 0 aliphatic carbocycles. The van der Waals surface area contributed by atoms with E-state index in [-0.39, 0.29) is 12.5 Å². The summed E-state index contributed by atoms with van der Waals surface area (Å²) in [5.74, 6) is -1.46. The van der Waals surface area contributed by atoms with E-state index < -0.39 is 17.3 Å². The van der Waals surface area contributed by atoms with Crippen LogP contribution < -0.4 is 0 Å². The van der Waals surface area contributed by atoms with Gasteiger partial charge in [0.05, 0.1) is 26.6 Å². The van der Waals surface area contributed by atoms with Gasteiger partial charge in [0.15, 0.2) is 0 Å². The molecule has 0 bridgehead atoms. The first-order valence-electron chi connectivity index (χ1n) is 8.65. The van der Waals surface area contributed by atoms with Gasteiger partial charge in [-0.05, 0) is 25.0 Å². The van der Waals surface area contributed by atoms with Gasteiger partial charge in [-0.1, -0.05) is 32.9 Å². The third-order valence-corrected chi connectivity index (χ3v) is 5.99. The van der Waals surface area contributed by atoms with E-state index >= 15 is 0 Å². The highest BCUT2D eigenvalue weighted by Crippen LogP contribution is 2.35. The molecule has 5 nitrogen and oxygen atoms in total. The van der Waals surface area contributed by atoms with Crippen LogP contribution >= 0.6 is 11.3 Å². The van der Waals surface area contributed by atoms with Gasteiger partial charge >= 0.3 is 5.97 Å². The summed E-state index contributed by atoms with van der Waals surface area (Å²) in [6, 6.07) is 7.98. The summed E-state index contributed by atoms with van der Waals surface area (Å²) in [5, 5.41) is 10.1. The highest BCUT2D eigenvalue weighted by Gasteiger charge is 2.38. The highest BCUT2D eigenvalue weighted by molar-refractivity contribution is 7.18. The van der Waals surface area contributed by atoms with Crippen LogP contribution in [0.3, 0.4) is 0 Å². The van der Waals surface area contributed by atoms with Gasteiger partial charge in [0, 0.05) is 20.0 Å². The molecule has 136 valence electrons. The Morgan fingerprint density at radius 1 is 1.28 bits per heavy atom. The minimum Gasteiger partial charge on any atom is -0.481 e. The third kappa shape index (κ3) is 4.18. The molecule has 1 N–H and O–H groups in total. The average Bonchev–Trinajstić information content (AvgIpc) is 3.01. The molecule has 0 saturated carbocycles. The number of benzene rings is 1. The predicted octanol–water partition coefficient (Wildman–Crippen LogP) is 3.82. The summed E-state index contributed by atoms with van der Waals surface area (Å²) in [6.45, 7) is 5.88. The Morgan fingerprint density at radius 3 is 2.48 bits per heavy atom. The number of hydrogen-bond donors (Lipinski definition) is 1. The van der Waals surface area contributed by atoms with E-state index in [0.717, 1.165) is 15.2 Å². The Balaban J connectivity index is 2.24. The summed E-state index contributed by atoms with van der Waals surface area (Å²) in [7, 11) is 1.69. The summed E-state index contributed by atoms with van der Waals surface area (Å²) in [5.41, 5.74) is 0.421. The average molecular weight is 362 g/mol. The van der Waals surface area contributed by atoms with Crippen LogP contribution in [0.5, 0.6) is 0 Å². The summed E-state index contributed by atoms with van der Waals surface area (Å²) >= 11 is 1.63. The maximum Gasteiger partial charge on any atom is 0.308 e. The Hall–Kier alpha value is -1.95. The lowest BCUT2D eigenvalue weighted by Gasteiger charge is -2.34. The molecule has 2 rings (SSSR count). The monoisotopic (exact) mass is 362 g/mol. The number of rotatable bonds is 8. The van der Waals surface area contributed by atoms with Crippen molar-refractivity contribution in [1.82, 2.24) is 9.88 Å². The number of thiazole rings is 1. The maximum atomic E-state index is 13.1. The van der Waals surface area contributed by atoms with E-state index in [4.69, 9.17) is 5.11 Å². The van der Waals surface area contributed by atoms with Crippen molar-refractivity contribution in [2.45, 2.75) is 40.0 Å². The van der Waals surface area contributed by atoms with Gasteiger partial charge < -0.3 is 10.0 Å². The fraction of sp³-hybridized carbons (Fsp3) is 0.526. The first-order chi connectivity index (χ1) is 11.8. The molecule has 25 heavy (non-hydrogen) atoms. The van der Waals surface area contributed by atoms with E-state index in [9.17, 15) is 9.59 Å². The molecule has 1 heterocycles. The quantitative estimate of drug-likeness (QED) is 0.775. The van der Waals surface area contributed by atoms with Crippen molar-refractivity contribution in [3.8, 4) is 0 Å². The molecule has 2 aromatic rings. The SMILES string of the molecule is CCC(CC)(Cc1nc2ccccc2s1)C(=O)N(C)CC(C)C(=O)O. The van der Waals surface area contributed by atoms with E-state index in [1.807, 2.05) is 38.1 Å². The number of aliphatic carboxylic acids is 1. The molecule has 0 fully saturated rings. The van der Waals surface area contributed by atoms with Gasteiger partial charge in [-0.25, -0.2) is 4.98 Å². The predicted molar refractivity (Wildman–Crippen MR) is 101 cm³/mol. The molecule has 1 amide bonds. The van der Waals surface area contributed by atoms with Gasteiger partial charge in [0.2, 0.25) is 5.91 Å². The minimum atomic E-state index is -0.885. The van der Waals surface area contributed by atoms with Crippen LogP contribution in [-0.4, -0.2) is 40.5 Å². The third-order valence-electron chi connectivity index (χ3n) is 4.95. The Kier molecular flexibility index (Phi) is 6.16. The molecule has 1 aromatic carbocycles. The van der Waals surface area contributed by atoms with Gasteiger partial charge in [-0.3, -0.25) is 9.59 Å². The van der Waals surface area contributed by atoms with Gasteiger partial charge in [-0.15, -0.1) is 11.3 Å². The summed E-state index contributed by atoms with van der Waals surface area (Å²) in [6.07, 6.45) is 1.98. The number of hydrogen-bond acceptors (Lipinski definition) is 4. The lowest BCUT2D eigenvalue weighted by Crippen LogP contribution is -2.45. The molecule has 0 radical (unpaired) electrons. The van der Waals surface area contributed by atoms with Crippen molar-refractivity contribution in [1.29, 1.82) is 0 Å². The summed E-state index contributed by atoms with van der Waals surface area (Å²) < 4.78 is 1.12. The fourth-order valence-corrected chi connectivity index (χ4v) is 4.25. The number of amides is 1. The number of carbonyl (C=O) groups excluding carboxylic acids is 1. The van der Waals surface area contributed by atoms with E-state index in [2.05, 4.69) is 4.98 Å². The zero-order valence-corrected chi connectivity index (χ0v) is 16.1. The largest absolute Gasteiger partial charge is 0.481 e. The van der Waals surface area contributed by atoms with Crippen LogP contribution in [-0.2, 0) is 16.0 Å². The number of fused-ring (bicyclic) bond motifs is 1. The molecule has 0 aliphatic heterocycles. The molecule has 1 atom stereocenters. The Morgan fingerprint density at radius 2 is 1.92 bits per heavy atom. The fourth-order valence-electron chi connectivity index (χ4n) is 3.14. The van der Waals surface area contributed by atoms with Crippen LogP contribution in [0.15, 0.2) is 24.3 Å². The molecule has 0 aliphatic rings. The normalized spacial score (nSPS) is 13.0. The van der Waals surface area contributed by atoms with Crippen molar-refractivity contribution in [2.24, 2.45) is 11.3 Å². The smallest absolute Gasteiger partial charge is 0.308 e. The molecule has 0 spiro atoms. The lowest BCUT2D eigenvalue weighted by atomic mass is 9.78. The van der Waals surface area contributed by atoms with Gasteiger partial charge in [-0.2, -0.15) is 0 Å². The number of carbonyl (C=O) groups is 2. The summed E-state index contributed by atoms with van der Waals surface area (Å²) in [4.78, 5) is 30.5. The van der Waals surface area contributed by atoms with Gasteiger partial charge in [0.1, 0.15) is 0 Å². The molecule has 6 heteroatoms. The second-order valence-corrected chi connectivity index (χ2v) is 7.78. The van der Waals surface area contributed by atoms with Crippen molar-refractivity contribution >= 4 is 33.4 Å². The zero-order chi connectivity index (χ0) is 18.6. The van der Waals surface area contributed by atoms with E-state index in [1.165, 1.54) is 0 Å². The van der Waals surface area contributed by atoms with Crippen LogP contribution in [0.4, 0.5) is 0 Å². The van der Waals surface area contributed by atoms with E-state index in [0.29, 0.717) is 19.3 Å². The number of aromatic nitrogens is 1. The van der Waals surface area contributed by atoms with Crippen molar-refractivity contribution in [3.05, 3.63) is 29.3 Å². The highest BCUT2D eigenvalue weighted by atomic mass is 32.1. The molecule has 1 unspecified atom stereocenters. The van der Waals surface area contributed by atoms with Crippen LogP contribution in [0.2, 0.25) is 0 Å². The second-order valence-electron chi connectivity index (χ2n) is 6.66. The maximum absolute atomic E-state index is 13.1. The molecule has 1 aromatic heterocycles. The zero-order valence-electron chi connectivity index (χ0n) is 15.3. The Labute approximate surface area is 152 Å². The molecule has 0 saturated heterocycles. The van der Waals surface area contributed by atoms with Crippen LogP contribution in [0, 0.1) is 11.3 Å². The van der Waals surface area contributed by atoms with Crippen molar-refractivity contribution < 1.29 is 14.7 Å². The second kappa shape index (κ2) is 7.95. The number of para-hydroxylation sites is 1. The Bertz CT molecular complexity index is 719.